The van der Waals surface area contributed by atoms with E-state index in [-0.39, 0.29) is 18.0 Å². The van der Waals surface area contributed by atoms with Gasteiger partial charge in [-0.3, -0.25) is 10.1 Å². The van der Waals surface area contributed by atoms with E-state index in [4.69, 9.17) is 0 Å². The molecule has 4 N–H and O–H groups in total. The maximum absolute atomic E-state index is 11.5. The highest BCUT2D eigenvalue weighted by atomic mass is 16.1. The number of carbonyl (C=O) groups is 1. The van der Waals surface area contributed by atoms with Crippen LogP contribution < -0.4 is 21.3 Å². The molecule has 0 aromatic heterocycles. The molecule has 1 heterocycles. The lowest BCUT2D eigenvalue weighted by atomic mass is 10.1. The first-order valence-electron chi connectivity index (χ1n) is 4.62. The molecule has 0 bridgehead atoms. The molecule has 0 aromatic rings. The zero-order chi connectivity index (χ0) is 9.68. The summed E-state index contributed by atoms with van der Waals surface area (Å²) in [6.07, 6.45) is 0.0648. The van der Waals surface area contributed by atoms with E-state index >= 15 is 0 Å². The summed E-state index contributed by atoms with van der Waals surface area (Å²) in [5, 5.41) is 12.2. The number of nitrogens with one attached hydrogen (secondary N) is 4. The monoisotopic (exact) mass is 186 g/mol. The van der Waals surface area contributed by atoms with Gasteiger partial charge in [-0.05, 0) is 7.05 Å². The quantitative estimate of drug-likeness (QED) is 0.406. The lowest BCUT2D eigenvalue weighted by molar-refractivity contribution is -0.125. The molecule has 13 heavy (non-hydrogen) atoms. The molecule has 1 saturated heterocycles. The fourth-order valence-corrected chi connectivity index (χ4v) is 1.57. The Morgan fingerprint density at radius 1 is 1.38 bits per heavy atom. The molecule has 1 amide bonds. The topological polar surface area (TPSA) is 65.2 Å². The first-order valence-corrected chi connectivity index (χ1v) is 4.62. The molecule has 1 aliphatic heterocycles. The van der Waals surface area contributed by atoms with Gasteiger partial charge in [0.1, 0.15) is 0 Å². The highest BCUT2D eigenvalue weighted by molar-refractivity contribution is 5.79. The Labute approximate surface area is 78.6 Å². The van der Waals surface area contributed by atoms with Crippen molar-refractivity contribution in [2.75, 3.05) is 33.7 Å². The van der Waals surface area contributed by atoms with E-state index < -0.39 is 0 Å². The maximum Gasteiger partial charge on any atom is 0.227 e. The minimum atomic E-state index is -0.0440. The molecule has 5 nitrogen and oxygen atoms in total. The molecular formula is C8H18N4O. The third-order valence-electron chi connectivity index (χ3n) is 2.33. The van der Waals surface area contributed by atoms with Crippen LogP contribution in [0.15, 0.2) is 0 Å². The van der Waals surface area contributed by atoms with Crippen molar-refractivity contribution in [3.05, 3.63) is 0 Å². The van der Waals surface area contributed by atoms with Crippen LogP contribution in [0.4, 0.5) is 0 Å². The fraction of sp³-hybridized carbons (Fsp3) is 0.875. The minimum Gasteiger partial charge on any atom is -0.359 e. The molecule has 0 radical (unpaired) electrons. The summed E-state index contributed by atoms with van der Waals surface area (Å²) in [6, 6.07) is 0. The van der Waals surface area contributed by atoms with Crippen molar-refractivity contribution in [1.29, 1.82) is 0 Å². The van der Waals surface area contributed by atoms with Crippen molar-refractivity contribution in [2.24, 2.45) is 5.92 Å². The van der Waals surface area contributed by atoms with Crippen molar-refractivity contribution in [3.8, 4) is 0 Å². The lowest BCUT2D eigenvalue weighted by Crippen LogP contribution is -2.51. The number of hydrogen-bond donors (Lipinski definition) is 4. The van der Waals surface area contributed by atoms with Gasteiger partial charge in [-0.25, -0.2) is 0 Å². The molecular weight excluding hydrogens is 168 g/mol. The molecule has 0 spiro atoms. The molecule has 0 saturated carbocycles. The zero-order valence-corrected chi connectivity index (χ0v) is 8.18. The van der Waals surface area contributed by atoms with Gasteiger partial charge in [-0.1, -0.05) is 0 Å². The normalized spacial score (nSPS) is 29.4. The lowest BCUT2D eigenvalue weighted by Gasteiger charge is -2.23. The van der Waals surface area contributed by atoms with Crippen LogP contribution in [0.5, 0.6) is 0 Å². The molecule has 2 atom stereocenters. The number of amides is 1. The van der Waals surface area contributed by atoms with Crippen molar-refractivity contribution >= 4 is 5.91 Å². The summed E-state index contributed by atoms with van der Waals surface area (Å²) < 4.78 is 0. The summed E-state index contributed by atoms with van der Waals surface area (Å²) in [5.74, 6) is 0.0266. The number of hydrogen-bond acceptors (Lipinski definition) is 4. The Morgan fingerprint density at radius 2 is 2.15 bits per heavy atom. The second-order valence-electron chi connectivity index (χ2n) is 3.15. The third-order valence-corrected chi connectivity index (χ3v) is 2.33. The smallest absolute Gasteiger partial charge is 0.227 e. The Kier molecular flexibility index (Phi) is 4.14. The van der Waals surface area contributed by atoms with Crippen molar-refractivity contribution in [2.45, 2.75) is 6.17 Å². The van der Waals surface area contributed by atoms with Crippen LogP contribution >= 0.6 is 0 Å². The van der Waals surface area contributed by atoms with E-state index in [1.165, 1.54) is 0 Å². The van der Waals surface area contributed by atoms with Crippen molar-refractivity contribution in [1.82, 2.24) is 21.3 Å². The second-order valence-corrected chi connectivity index (χ2v) is 3.15. The largest absolute Gasteiger partial charge is 0.359 e. The molecule has 5 heteroatoms. The first-order chi connectivity index (χ1) is 6.29. The van der Waals surface area contributed by atoms with E-state index in [0.717, 1.165) is 19.6 Å². The van der Waals surface area contributed by atoms with E-state index in [9.17, 15) is 4.79 Å². The van der Waals surface area contributed by atoms with Crippen LogP contribution in [0.1, 0.15) is 0 Å². The van der Waals surface area contributed by atoms with E-state index in [0.29, 0.717) is 0 Å². The molecule has 2 unspecified atom stereocenters. The molecule has 0 aromatic carbocycles. The van der Waals surface area contributed by atoms with Crippen LogP contribution in [0.25, 0.3) is 0 Å². The van der Waals surface area contributed by atoms with Gasteiger partial charge in [0.05, 0.1) is 12.1 Å². The standard InChI is InChI=1S/C8H18N4O/c1-9-7-6(8(13)10-2)5-11-3-4-12-7/h6-7,9,11-12H,3-5H2,1-2H3,(H,10,13). The van der Waals surface area contributed by atoms with Gasteiger partial charge >= 0.3 is 0 Å². The van der Waals surface area contributed by atoms with Crippen LogP contribution in [-0.4, -0.2) is 45.8 Å². The fourth-order valence-electron chi connectivity index (χ4n) is 1.57. The summed E-state index contributed by atoms with van der Waals surface area (Å²) in [7, 11) is 3.53. The Morgan fingerprint density at radius 3 is 2.77 bits per heavy atom. The van der Waals surface area contributed by atoms with Gasteiger partial charge < -0.3 is 16.0 Å². The second kappa shape index (κ2) is 5.16. The summed E-state index contributed by atoms with van der Waals surface area (Å²) in [5.41, 5.74) is 0. The zero-order valence-electron chi connectivity index (χ0n) is 8.18. The van der Waals surface area contributed by atoms with E-state index in [2.05, 4.69) is 21.3 Å². The van der Waals surface area contributed by atoms with Crippen LogP contribution in [0.3, 0.4) is 0 Å². The van der Waals surface area contributed by atoms with Crippen LogP contribution in [0, 0.1) is 5.92 Å². The molecule has 76 valence electrons. The van der Waals surface area contributed by atoms with Gasteiger partial charge in [0.25, 0.3) is 0 Å². The van der Waals surface area contributed by atoms with Gasteiger partial charge in [-0.2, -0.15) is 0 Å². The highest BCUT2D eigenvalue weighted by Crippen LogP contribution is 2.02. The molecule has 0 aliphatic carbocycles. The average molecular weight is 186 g/mol. The maximum atomic E-state index is 11.5. The third kappa shape index (κ3) is 2.65. The number of rotatable bonds is 2. The highest BCUT2D eigenvalue weighted by Gasteiger charge is 2.27. The predicted molar refractivity (Wildman–Crippen MR) is 51.3 cm³/mol. The van der Waals surface area contributed by atoms with Crippen molar-refractivity contribution in [3.63, 3.8) is 0 Å². The summed E-state index contributed by atoms with van der Waals surface area (Å²) >= 11 is 0. The molecule has 1 aliphatic rings. The summed E-state index contributed by atoms with van der Waals surface area (Å²) in [6.45, 7) is 2.52. The van der Waals surface area contributed by atoms with Gasteiger partial charge in [0.15, 0.2) is 0 Å². The van der Waals surface area contributed by atoms with E-state index in [1.54, 1.807) is 7.05 Å². The van der Waals surface area contributed by atoms with Crippen LogP contribution in [-0.2, 0) is 4.79 Å². The first kappa shape index (κ1) is 10.4. The molecule has 1 fully saturated rings. The summed E-state index contributed by atoms with van der Waals surface area (Å²) in [4.78, 5) is 11.5. The van der Waals surface area contributed by atoms with Crippen LogP contribution in [0.2, 0.25) is 0 Å². The number of carbonyl (C=O) groups excluding carboxylic acids is 1. The van der Waals surface area contributed by atoms with E-state index in [1.807, 2.05) is 7.05 Å². The van der Waals surface area contributed by atoms with Gasteiger partial charge in [0.2, 0.25) is 5.91 Å². The molecule has 1 rings (SSSR count). The van der Waals surface area contributed by atoms with Crippen molar-refractivity contribution < 1.29 is 4.79 Å². The minimum absolute atomic E-state index is 0.0440. The average Bonchev–Trinajstić information content (AvgIpc) is 2.41. The van der Waals surface area contributed by atoms with Gasteiger partial charge in [0, 0.05) is 26.7 Å². The Hall–Kier alpha value is -0.650. The van der Waals surface area contributed by atoms with Gasteiger partial charge in [-0.15, -0.1) is 0 Å². The Bertz CT molecular complexity index is 174. The Balaban J connectivity index is 2.58. The predicted octanol–water partition coefficient (Wildman–Crippen LogP) is -1.91. The SMILES string of the molecule is CNC(=O)C1CNCCNC1NC.